The van der Waals surface area contributed by atoms with Gasteiger partial charge in [-0.15, -0.1) is 5.10 Å². The maximum Gasteiger partial charge on any atom is 0.358 e. The Balaban J connectivity index is 2.73. The highest BCUT2D eigenvalue weighted by molar-refractivity contribution is 7.99. The van der Waals surface area contributed by atoms with Crippen LogP contribution in [0.4, 0.5) is 0 Å². The molecule has 0 saturated carbocycles. The molecule has 6 heteroatoms. The summed E-state index contributed by atoms with van der Waals surface area (Å²) in [5.41, 5.74) is 0.853. The van der Waals surface area contributed by atoms with E-state index in [1.165, 1.54) is 0 Å². The van der Waals surface area contributed by atoms with Crippen LogP contribution < -0.4 is 0 Å². The molecule has 0 saturated heterocycles. The third-order valence-electron chi connectivity index (χ3n) is 2.50. The van der Waals surface area contributed by atoms with E-state index < -0.39 is 5.97 Å². The van der Waals surface area contributed by atoms with E-state index in [2.05, 4.69) is 31.1 Å². The number of aryl methyl sites for hydroxylation is 1. The summed E-state index contributed by atoms with van der Waals surface area (Å²) >= 11 is 1.88. The van der Waals surface area contributed by atoms with Gasteiger partial charge in [0, 0.05) is 6.54 Å². The zero-order chi connectivity index (χ0) is 13.5. The molecule has 1 aromatic rings. The van der Waals surface area contributed by atoms with Gasteiger partial charge in [-0.2, -0.15) is 11.8 Å². The molecule has 0 aromatic carbocycles. The number of aromatic nitrogens is 3. The van der Waals surface area contributed by atoms with Gasteiger partial charge in [-0.25, -0.2) is 9.48 Å². The van der Waals surface area contributed by atoms with E-state index in [0.29, 0.717) is 12.3 Å². The Morgan fingerprint density at radius 3 is 2.78 bits per heavy atom. The smallest absolute Gasteiger partial charge is 0.358 e. The first-order chi connectivity index (χ1) is 8.56. The van der Waals surface area contributed by atoms with Crippen molar-refractivity contribution < 1.29 is 9.90 Å². The van der Waals surface area contributed by atoms with Crippen LogP contribution in [0.15, 0.2) is 0 Å². The molecule has 0 unspecified atom stereocenters. The highest BCUT2D eigenvalue weighted by atomic mass is 32.2. The lowest BCUT2D eigenvalue weighted by molar-refractivity contribution is 0.0689. The fourth-order valence-electron chi connectivity index (χ4n) is 1.73. The number of rotatable bonds is 8. The van der Waals surface area contributed by atoms with Gasteiger partial charge in [-0.05, 0) is 30.3 Å². The monoisotopic (exact) mass is 271 g/mol. The third-order valence-corrected chi connectivity index (χ3v) is 3.49. The Morgan fingerprint density at radius 2 is 2.22 bits per heavy atom. The molecule has 0 fully saturated rings. The van der Waals surface area contributed by atoms with Gasteiger partial charge in [0.1, 0.15) is 0 Å². The first kappa shape index (κ1) is 15.0. The van der Waals surface area contributed by atoms with Crippen molar-refractivity contribution in [2.75, 3.05) is 11.5 Å². The van der Waals surface area contributed by atoms with Crippen molar-refractivity contribution in [2.45, 2.75) is 40.2 Å². The van der Waals surface area contributed by atoms with Crippen LogP contribution in [0.25, 0.3) is 0 Å². The minimum Gasteiger partial charge on any atom is -0.476 e. The van der Waals surface area contributed by atoms with Crippen molar-refractivity contribution in [3.8, 4) is 0 Å². The van der Waals surface area contributed by atoms with Crippen LogP contribution in [-0.4, -0.2) is 37.6 Å². The number of thioether (sulfide) groups is 1. The molecule has 1 heterocycles. The molecule has 0 spiro atoms. The zero-order valence-corrected chi connectivity index (χ0v) is 12.0. The van der Waals surface area contributed by atoms with Crippen LogP contribution in [-0.2, 0) is 13.0 Å². The molecule has 0 atom stereocenters. The molecule has 0 radical (unpaired) electrons. The quantitative estimate of drug-likeness (QED) is 0.735. The third kappa shape index (κ3) is 4.33. The number of nitrogens with zero attached hydrogens (tertiary/aromatic N) is 3. The van der Waals surface area contributed by atoms with Crippen molar-refractivity contribution in [1.82, 2.24) is 15.0 Å². The molecular formula is C12H21N3O2S. The Hall–Kier alpha value is -1.04. The summed E-state index contributed by atoms with van der Waals surface area (Å²) < 4.78 is 1.75. The fraction of sp³-hybridized carbons (Fsp3) is 0.750. The SMILES string of the molecule is CCSCCCn1nnc(C(=O)O)c1CC(C)C. The molecular weight excluding hydrogens is 250 g/mol. The number of aromatic carboxylic acids is 1. The Labute approximate surface area is 112 Å². The van der Waals surface area contributed by atoms with E-state index in [1.807, 2.05) is 11.8 Å². The summed E-state index contributed by atoms with van der Waals surface area (Å²) in [7, 11) is 0. The zero-order valence-electron chi connectivity index (χ0n) is 11.2. The minimum atomic E-state index is -0.986. The van der Waals surface area contributed by atoms with Crippen molar-refractivity contribution in [2.24, 2.45) is 5.92 Å². The topological polar surface area (TPSA) is 68.0 Å². The van der Waals surface area contributed by atoms with Crippen LogP contribution >= 0.6 is 11.8 Å². The predicted octanol–water partition coefficient (Wildman–Crippen LogP) is 2.32. The maximum atomic E-state index is 11.1. The highest BCUT2D eigenvalue weighted by Crippen LogP contribution is 2.13. The van der Waals surface area contributed by atoms with Gasteiger partial charge in [0.2, 0.25) is 0 Å². The van der Waals surface area contributed by atoms with Gasteiger partial charge in [-0.3, -0.25) is 0 Å². The molecule has 0 aliphatic heterocycles. The predicted molar refractivity (Wildman–Crippen MR) is 73.1 cm³/mol. The average Bonchev–Trinajstić information content (AvgIpc) is 2.67. The van der Waals surface area contributed by atoms with Crippen LogP contribution in [0.1, 0.15) is 43.4 Å². The highest BCUT2D eigenvalue weighted by Gasteiger charge is 2.19. The van der Waals surface area contributed by atoms with E-state index in [-0.39, 0.29) is 5.69 Å². The number of hydrogen-bond donors (Lipinski definition) is 1. The van der Waals surface area contributed by atoms with Gasteiger partial charge in [0.25, 0.3) is 0 Å². The molecule has 0 aliphatic rings. The van der Waals surface area contributed by atoms with Gasteiger partial charge in [0.15, 0.2) is 5.69 Å². The number of carboxylic acids is 1. The van der Waals surface area contributed by atoms with Gasteiger partial charge >= 0.3 is 5.97 Å². The van der Waals surface area contributed by atoms with E-state index in [4.69, 9.17) is 5.11 Å². The Kier molecular flexibility index (Phi) is 6.18. The van der Waals surface area contributed by atoms with Gasteiger partial charge in [-0.1, -0.05) is 26.0 Å². The molecule has 1 N–H and O–H groups in total. The largest absolute Gasteiger partial charge is 0.476 e. The second-order valence-corrected chi connectivity index (χ2v) is 5.96. The molecule has 5 nitrogen and oxygen atoms in total. The van der Waals surface area contributed by atoms with Crippen molar-refractivity contribution in [3.63, 3.8) is 0 Å². The van der Waals surface area contributed by atoms with E-state index in [9.17, 15) is 4.79 Å². The average molecular weight is 271 g/mol. The van der Waals surface area contributed by atoms with Crippen LogP contribution in [0.2, 0.25) is 0 Å². The number of carboxylic acid groups (broad SMARTS) is 1. The number of carbonyl (C=O) groups is 1. The van der Waals surface area contributed by atoms with Gasteiger partial charge in [0.05, 0.1) is 5.69 Å². The Bertz CT molecular complexity index is 391. The van der Waals surface area contributed by atoms with Gasteiger partial charge < -0.3 is 5.11 Å². The van der Waals surface area contributed by atoms with Crippen molar-refractivity contribution >= 4 is 17.7 Å². The normalized spacial score (nSPS) is 11.1. The van der Waals surface area contributed by atoms with E-state index in [0.717, 1.165) is 30.2 Å². The van der Waals surface area contributed by atoms with Crippen molar-refractivity contribution in [1.29, 1.82) is 0 Å². The summed E-state index contributed by atoms with van der Waals surface area (Å²) in [5, 5.41) is 16.8. The molecule has 102 valence electrons. The van der Waals surface area contributed by atoms with Crippen molar-refractivity contribution in [3.05, 3.63) is 11.4 Å². The van der Waals surface area contributed by atoms with E-state index >= 15 is 0 Å². The Morgan fingerprint density at radius 1 is 1.50 bits per heavy atom. The first-order valence-electron chi connectivity index (χ1n) is 6.29. The first-order valence-corrected chi connectivity index (χ1v) is 7.45. The summed E-state index contributed by atoms with van der Waals surface area (Å²) in [6.07, 6.45) is 1.70. The number of hydrogen-bond acceptors (Lipinski definition) is 4. The van der Waals surface area contributed by atoms with Crippen LogP contribution in [0, 0.1) is 5.92 Å². The second kappa shape index (κ2) is 7.41. The molecule has 0 aliphatic carbocycles. The molecule has 0 bridgehead atoms. The lowest BCUT2D eigenvalue weighted by Gasteiger charge is -2.08. The summed E-state index contributed by atoms with van der Waals surface area (Å²) in [6, 6.07) is 0. The fourth-order valence-corrected chi connectivity index (χ4v) is 2.35. The summed E-state index contributed by atoms with van der Waals surface area (Å²) in [5.74, 6) is 1.58. The molecule has 18 heavy (non-hydrogen) atoms. The lowest BCUT2D eigenvalue weighted by atomic mass is 10.1. The minimum absolute atomic E-state index is 0.104. The molecule has 1 aromatic heterocycles. The lowest BCUT2D eigenvalue weighted by Crippen LogP contribution is -2.11. The molecule has 1 rings (SSSR count). The maximum absolute atomic E-state index is 11.1. The van der Waals surface area contributed by atoms with E-state index in [1.54, 1.807) is 4.68 Å². The van der Waals surface area contributed by atoms with Crippen LogP contribution in [0.3, 0.4) is 0 Å². The molecule has 0 amide bonds. The van der Waals surface area contributed by atoms with Crippen LogP contribution in [0.5, 0.6) is 0 Å². The second-order valence-electron chi connectivity index (χ2n) is 4.56. The summed E-state index contributed by atoms with van der Waals surface area (Å²) in [6.45, 7) is 7.01. The standard InChI is InChI=1S/C12H21N3O2S/c1-4-18-7-5-6-15-10(8-9(2)3)11(12(16)17)13-14-15/h9H,4-8H2,1-3H3,(H,16,17). The summed E-state index contributed by atoms with van der Waals surface area (Å²) in [4.78, 5) is 11.1.